The van der Waals surface area contributed by atoms with Gasteiger partial charge < -0.3 is 10.6 Å². The molecule has 0 spiro atoms. The van der Waals surface area contributed by atoms with Crippen LogP contribution in [-0.4, -0.2) is 26.9 Å². The van der Waals surface area contributed by atoms with Crippen LogP contribution in [0.4, 0.5) is 11.4 Å². The molecule has 0 radical (unpaired) electrons. The molecule has 174 valence electrons. The normalized spacial score (nSPS) is 11.3. The molecule has 2 amide bonds. The minimum Gasteiger partial charge on any atom is -0.326 e. The lowest BCUT2D eigenvalue weighted by atomic mass is 9.92. The molecule has 0 saturated carbocycles. The molecular weight excluding hydrogens is 436 g/mol. The van der Waals surface area contributed by atoms with E-state index in [0.29, 0.717) is 12.1 Å². The lowest BCUT2D eigenvalue weighted by molar-refractivity contribution is -0.118. The Morgan fingerprint density at radius 3 is 2.18 bits per heavy atom. The van der Waals surface area contributed by atoms with Gasteiger partial charge in [0.15, 0.2) is 0 Å². The number of rotatable bonds is 7. The van der Waals surface area contributed by atoms with Gasteiger partial charge in [-0.1, -0.05) is 39.0 Å². The highest BCUT2D eigenvalue weighted by Crippen LogP contribution is 2.23. The smallest absolute Gasteiger partial charge is 0.295 e. The zero-order chi connectivity index (χ0) is 24.2. The summed E-state index contributed by atoms with van der Waals surface area (Å²) in [5.41, 5.74) is 2.07. The standard InChI is InChI=1S/C25H30N4O3S/c1-17-23(24(32)29(28(17)5)19-9-7-6-8-10-19)27-22(31)16-33-20-13-11-18(12-14-20)26-21(30)15-25(2,3)4/h6-14H,15-16H2,1-5H3,(H,26,30)(H,27,31). The van der Waals surface area contributed by atoms with E-state index in [1.807, 2.05) is 75.4 Å². The van der Waals surface area contributed by atoms with Crippen LogP contribution in [0.2, 0.25) is 0 Å². The van der Waals surface area contributed by atoms with E-state index in [-0.39, 0.29) is 34.2 Å². The predicted octanol–water partition coefficient (Wildman–Crippen LogP) is 4.59. The van der Waals surface area contributed by atoms with Crippen LogP contribution in [0.3, 0.4) is 0 Å². The second-order valence-corrected chi connectivity index (χ2v) is 10.1. The summed E-state index contributed by atoms with van der Waals surface area (Å²) < 4.78 is 3.26. The number of nitrogens with one attached hydrogen (secondary N) is 2. The van der Waals surface area contributed by atoms with Crippen LogP contribution in [0.5, 0.6) is 0 Å². The molecule has 1 heterocycles. The number of hydrogen-bond donors (Lipinski definition) is 2. The number of anilines is 2. The van der Waals surface area contributed by atoms with Crippen molar-refractivity contribution in [3.63, 3.8) is 0 Å². The molecule has 0 bridgehead atoms. The van der Waals surface area contributed by atoms with Gasteiger partial charge in [0.05, 0.1) is 17.1 Å². The molecule has 0 atom stereocenters. The fourth-order valence-corrected chi connectivity index (χ4v) is 4.06. The Kier molecular flexibility index (Phi) is 7.48. The number of benzene rings is 2. The maximum absolute atomic E-state index is 12.9. The third-order valence-electron chi connectivity index (χ3n) is 5.02. The lowest BCUT2D eigenvalue weighted by Crippen LogP contribution is -2.23. The van der Waals surface area contributed by atoms with E-state index in [4.69, 9.17) is 0 Å². The Morgan fingerprint density at radius 2 is 1.58 bits per heavy atom. The molecule has 0 fully saturated rings. The van der Waals surface area contributed by atoms with Crippen molar-refractivity contribution in [2.24, 2.45) is 12.5 Å². The van der Waals surface area contributed by atoms with Crippen LogP contribution in [0.15, 0.2) is 64.3 Å². The topological polar surface area (TPSA) is 85.1 Å². The van der Waals surface area contributed by atoms with Crippen molar-refractivity contribution in [2.45, 2.75) is 39.0 Å². The highest BCUT2D eigenvalue weighted by molar-refractivity contribution is 8.00. The Morgan fingerprint density at radius 1 is 0.939 bits per heavy atom. The first-order chi connectivity index (χ1) is 15.5. The Balaban J connectivity index is 1.60. The van der Waals surface area contributed by atoms with Crippen molar-refractivity contribution in [3.05, 3.63) is 70.6 Å². The van der Waals surface area contributed by atoms with Gasteiger partial charge in [-0.3, -0.25) is 19.1 Å². The van der Waals surface area contributed by atoms with E-state index in [1.165, 1.54) is 16.4 Å². The molecule has 0 aliphatic carbocycles. The van der Waals surface area contributed by atoms with Gasteiger partial charge in [0.2, 0.25) is 11.8 Å². The molecule has 2 N–H and O–H groups in total. The van der Waals surface area contributed by atoms with E-state index in [9.17, 15) is 14.4 Å². The van der Waals surface area contributed by atoms with Crippen molar-refractivity contribution in [2.75, 3.05) is 16.4 Å². The minimum absolute atomic E-state index is 0.0262. The average molecular weight is 467 g/mol. The van der Waals surface area contributed by atoms with Crippen LogP contribution in [-0.2, 0) is 16.6 Å². The molecular formula is C25H30N4O3S. The number of para-hydroxylation sites is 1. The zero-order valence-electron chi connectivity index (χ0n) is 19.6. The van der Waals surface area contributed by atoms with Crippen LogP contribution in [0.25, 0.3) is 5.69 Å². The first-order valence-electron chi connectivity index (χ1n) is 10.7. The van der Waals surface area contributed by atoms with E-state index in [1.54, 1.807) is 18.7 Å². The summed E-state index contributed by atoms with van der Waals surface area (Å²) in [4.78, 5) is 38.4. The van der Waals surface area contributed by atoms with Crippen molar-refractivity contribution in [1.82, 2.24) is 9.36 Å². The number of aromatic nitrogens is 2. The summed E-state index contributed by atoms with van der Waals surface area (Å²) in [7, 11) is 1.79. The number of carbonyl (C=O) groups excluding carboxylic acids is 2. The van der Waals surface area contributed by atoms with Crippen LogP contribution >= 0.6 is 11.8 Å². The fraction of sp³-hybridized carbons (Fsp3) is 0.320. The Hall–Kier alpha value is -3.26. The van der Waals surface area contributed by atoms with Crippen molar-refractivity contribution in [1.29, 1.82) is 0 Å². The number of thioether (sulfide) groups is 1. The maximum Gasteiger partial charge on any atom is 0.295 e. The van der Waals surface area contributed by atoms with Gasteiger partial charge in [-0.25, -0.2) is 4.68 Å². The van der Waals surface area contributed by atoms with Gasteiger partial charge in [-0.15, -0.1) is 11.8 Å². The summed E-state index contributed by atoms with van der Waals surface area (Å²) >= 11 is 1.36. The lowest BCUT2D eigenvalue weighted by Gasteiger charge is -2.17. The molecule has 3 aromatic rings. The van der Waals surface area contributed by atoms with E-state index < -0.39 is 0 Å². The maximum atomic E-state index is 12.9. The Bertz CT molecular complexity index is 1190. The number of amides is 2. The minimum atomic E-state index is -0.269. The monoisotopic (exact) mass is 466 g/mol. The molecule has 0 aliphatic heterocycles. The third-order valence-corrected chi connectivity index (χ3v) is 6.03. The molecule has 8 heteroatoms. The summed E-state index contributed by atoms with van der Waals surface area (Å²) in [6.07, 6.45) is 0.439. The van der Waals surface area contributed by atoms with Crippen LogP contribution in [0, 0.1) is 12.3 Å². The van der Waals surface area contributed by atoms with Gasteiger partial charge in [-0.2, -0.15) is 0 Å². The zero-order valence-corrected chi connectivity index (χ0v) is 20.5. The van der Waals surface area contributed by atoms with Crippen LogP contribution in [0.1, 0.15) is 32.9 Å². The predicted molar refractivity (Wildman–Crippen MR) is 134 cm³/mol. The van der Waals surface area contributed by atoms with Crippen molar-refractivity contribution >= 4 is 35.0 Å². The number of carbonyl (C=O) groups is 2. The molecule has 0 unspecified atom stereocenters. The Labute approximate surface area is 198 Å². The van der Waals surface area contributed by atoms with E-state index in [2.05, 4.69) is 10.6 Å². The second kappa shape index (κ2) is 10.1. The first-order valence-corrected chi connectivity index (χ1v) is 11.7. The van der Waals surface area contributed by atoms with Gasteiger partial charge in [0, 0.05) is 24.1 Å². The molecule has 7 nitrogen and oxygen atoms in total. The highest BCUT2D eigenvalue weighted by Gasteiger charge is 2.18. The first kappa shape index (κ1) is 24.4. The van der Waals surface area contributed by atoms with E-state index >= 15 is 0 Å². The van der Waals surface area contributed by atoms with Gasteiger partial charge in [0.25, 0.3) is 5.56 Å². The van der Waals surface area contributed by atoms with Crippen molar-refractivity contribution in [3.8, 4) is 5.69 Å². The third kappa shape index (κ3) is 6.38. The van der Waals surface area contributed by atoms with E-state index in [0.717, 1.165) is 16.3 Å². The summed E-state index contributed by atoms with van der Waals surface area (Å²) in [6.45, 7) is 7.86. The average Bonchev–Trinajstić information content (AvgIpc) is 2.95. The number of hydrogen-bond acceptors (Lipinski definition) is 4. The van der Waals surface area contributed by atoms with Crippen molar-refractivity contribution < 1.29 is 9.59 Å². The number of nitrogens with zero attached hydrogens (tertiary/aromatic N) is 2. The highest BCUT2D eigenvalue weighted by atomic mass is 32.2. The van der Waals surface area contributed by atoms with Gasteiger partial charge in [0.1, 0.15) is 5.69 Å². The summed E-state index contributed by atoms with van der Waals surface area (Å²) in [5.74, 6) is -0.121. The summed E-state index contributed by atoms with van der Waals surface area (Å²) in [5, 5.41) is 5.66. The largest absolute Gasteiger partial charge is 0.326 e. The van der Waals surface area contributed by atoms with Gasteiger partial charge in [-0.05, 0) is 48.7 Å². The fourth-order valence-electron chi connectivity index (χ4n) is 3.36. The quantitative estimate of drug-likeness (QED) is 0.499. The summed E-state index contributed by atoms with van der Waals surface area (Å²) in [6, 6.07) is 16.7. The molecule has 33 heavy (non-hydrogen) atoms. The molecule has 0 aliphatic rings. The van der Waals surface area contributed by atoms with Gasteiger partial charge >= 0.3 is 0 Å². The molecule has 0 saturated heterocycles. The SMILES string of the molecule is Cc1c(NC(=O)CSc2ccc(NC(=O)CC(C)(C)C)cc2)c(=O)n(-c2ccccc2)n1C. The molecule has 3 rings (SSSR count). The molecule has 1 aromatic heterocycles. The molecule has 2 aromatic carbocycles. The second-order valence-electron chi connectivity index (χ2n) is 9.08. The van der Waals surface area contributed by atoms with Crippen LogP contribution < -0.4 is 16.2 Å².